The van der Waals surface area contributed by atoms with Crippen LogP contribution in [0.15, 0.2) is 35.5 Å². The van der Waals surface area contributed by atoms with E-state index < -0.39 is 0 Å². The van der Waals surface area contributed by atoms with Crippen LogP contribution in [0, 0.1) is 6.92 Å². The third kappa shape index (κ3) is 1.69. The average Bonchev–Trinajstić information content (AvgIpc) is 2.68. The van der Waals surface area contributed by atoms with Gasteiger partial charge in [0.2, 0.25) is 5.84 Å². The Balaban J connectivity index is 2.48. The van der Waals surface area contributed by atoms with E-state index in [-0.39, 0.29) is 0 Å². The van der Waals surface area contributed by atoms with E-state index in [0.29, 0.717) is 11.7 Å². The van der Waals surface area contributed by atoms with Crippen molar-refractivity contribution < 1.29 is 5.21 Å². The van der Waals surface area contributed by atoms with Gasteiger partial charge in [0.05, 0.1) is 0 Å². The minimum atomic E-state index is 0.304. The summed E-state index contributed by atoms with van der Waals surface area (Å²) in [4.78, 5) is 0. The van der Waals surface area contributed by atoms with Crippen LogP contribution in [0.3, 0.4) is 0 Å². The van der Waals surface area contributed by atoms with Crippen LogP contribution >= 0.6 is 0 Å². The van der Waals surface area contributed by atoms with Gasteiger partial charge in [-0.15, -0.1) is 5.10 Å². The van der Waals surface area contributed by atoms with Crippen LogP contribution in [0.1, 0.15) is 11.4 Å². The van der Waals surface area contributed by atoms with E-state index in [1.165, 1.54) is 4.68 Å². The topological polar surface area (TPSA) is 76.2 Å². The normalized spacial score (nSPS) is 11.7. The second-order valence-corrected chi connectivity index (χ2v) is 2.93. The second kappa shape index (κ2) is 3.87. The molecule has 1 aromatic carbocycles. The number of hydrogen-bond acceptors (Lipinski definition) is 5. The molecule has 2 aromatic rings. The number of oxime groups is 1. The van der Waals surface area contributed by atoms with Gasteiger partial charge in [0, 0.05) is 5.56 Å². The third-order valence-corrected chi connectivity index (χ3v) is 1.95. The van der Waals surface area contributed by atoms with Crippen LogP contribution in [0.5, 0.6) is 0 Å². The molecule has 1 N–H and O–H groups in total. The Morgan fingerprint density at radius 3 is 2.60 bits per heavy atom. The van der Waals surface area contributed by atoms with Gasteiger partial charge >= 0.3 is 0 Å². The minimum Gasteiger partial charge on any atom is -0.409 e. The van der Waals surface area contributed by atoms with E-state index in [9.17, 15) is 0 Å². The number of rotatable bonds is 1. The first kappa shape index (κ1) is 9.32. The number of nitrogens with zero attached hydrogens (tertiary/aromatic N) is 5. The van der Waals surface area contributed by atoms with Crippen molar-refractivity contribution in [3.05, 3.63) is 41.7 Å². The van der Waals surface area contributed by atoms with E-state index in [1.807, 2.05) is 30.3 Å². The number of tetrazole rings is 1. The van der Waals surface area contributed by atoms with Gasteiger partial charge in [-0.2, -0.15) is 4.68 Å². The lowest BCUT2D eigenvalue weighted by atomic mass is 10.2. The first-order valence-electron chi connectivity index (χ1n) is 4.36. The zero-order valence-electron chi connectivity index (χ0n) is 8.07. The van der Waals surface area contributed by atoms with Gasteiger partial charge in [-0.25, -0.2) is 0 Å². The molecular weight excluding hydrogens is 194 g/mol. The van der Waals surface area contributed by atoms with Crippen molar-refractivity contribution in [2.75, 3.05) is 0 Å². The Morgan fingerprint density at radius 1 is 1.33 bits per heavy atom. The minimum absolute atomic E-state index is 0.304. The molecule has 6 nitrogen and oxygen atoms in total. The Morgan fingerprint density at radius 2 is 2.07 bits per heavy atom. The van der Waals surface area contributed by atoms with E-state index in [4.69, 9.17) is 5.21 Å². The molecule has 0 spiro atoms. The Bertz CT molecular complexity index is 476. The average molecular weight is 203 g/mol. The Kier molecular flexibility index (Phi) is 2.40. The van der Waals surface area contributed by atoms with Crippen LogP contribution in [0.2, 0.25) is 0 Å². The molecule has 0 bridgehead atoms. The molecule has 76 valence electrons. The summed E-state index contributed by atoms with van der Waals surface area (Å²) in [6, 6.07) is 9.21. The molecule has 0 aliphatic carbocycles. The second-order valence-electron chi connectivity index (χ2n) is 2.93. The number of aryl methyl sites for hydroxylation is 1. The predicted octanol–water partition coefficient (Wildman–Crippen LogP) is 0.666. The first-order chi connectivity index (χ1) is 7.33. The largest absolute Gasteiger partial charge is 0.409 e. The first-order valence-corrected chi connectivity index (χ1v) is 4.36. The van der Waals surface area contributed by atoms with Crippen LogP contribution in [0.25, 0.3) is 0 Å². The highest BCUT2D eigenvalue weighted by molar-refractivity contribution is 5.99. The van der Waals surface area contributed by atoms with Crippen molar-refractivity contribution in [2.45, 2.75) is 6.92 Å². The lowest BCUT2D eigenvalue weighted by Gasteiger charge is -2.03. The predicted molar refractivity (Wildman–Crippen MR) is 52.7 cm³/mol. The fraction of sp³-hybridized carbons (Fsp3) is 0.111. The molecule has 0 aliphatic rings. The molecule has 1 heterocycles. The number of hydrogen-bond donors (Lipinski definition) is 1. The molecule has 0 atom stereocenters. The zero-order chi connectivity index (χ0) is 10.7. The smallest absolute Gasteiger partial charge is 0.203 e. The number of aromatic nitrogens is 4. The molecule has 0 saturated heterocycles. The summed E-state index contributed by atoms with van der Waals surface area (Å²) in [5.74, 6) is 0.866. The molecule has 0 aliphatic heterocycles. The summed E-state index contributed by atoms with van der Waals surface area (Å²) in [7, 11) is 0. The van der Waals surface area contributed by atoms with Crippen molar-refractivity contribution >= 4 is 5.84 Å². The molecule has 0 saturated carbocycles. The standard InChI is InChI=1S/C9H9N5O/c1-7-10-12-13-14(7)9(11-15)8-5-3-2-4-6-8/h2-6,15H,1H3/b11-9+. The summed E-state index contributed by atoms with van der Waals surface area (Å²) < 4.78 is 1.37. The molecule has 6 heteroatoms. The highest BCUT2D eigenvalue weighted by Gasteiger charge is 2.10. The summed E-state index contributed by atoms with van der Waals surface area (Å²) in [6.07, 6.45) is 0. The quantitative estimate of drug-likeness (QED) is 0.320. The van der Waals surface area contributed by atoms with Crippen LogP contribution in [-0.2, 0) is 0 Å². The van der Waals surface area contributed by atoms with Crippen molar-refractivity contribution in [1.82, 2.24) is 20.2 Å². The highest BCUT2D eigenvalue weighted by Crippen LogP contribution is 2.03. The number of benzene rings is 1. The Hall–Kier alpha value is -2.24. The van der Waals surface area contributed by atoms with Crippen LogP contribution < -0.4 is 0 Å². The summed E-state index contributed by atoms with van der Waals surface area (Å²) >= 11 is 0. The fourth-order valence-corrected chi connectivity index (χ4v) is 1.24. The molecule has 0 amide bonds. The van der Waals surface area contributed by atoms with E-state index in [1.54, 1.807) is 6.92 Å². The maximum absolute atomic E-state index is 8.95. The van der Waals surface area contributed by atoms with Gasteiger partial charge in [-0.1, -0.05) is 35.5 Å². The van der Waals surface area contributed by atoms with E-state index >= 15 is 0 Å². The van der Waals surface area contributed by atoms with Gasteiger partial charge in [-0.05, 0) is 17.4 Å². The van der Waals surface area contributed by atoms with E-state index in [0.717, 1.165) is 5.56 Å². The summed E-state index contributed by atoms with van der Waals surface area (Å²) in [5, 5.41) is 23.1. The monoisotopic (exact) mass is 203 g/mol. The third-order valence-electron chi connectivity index (χ3n) is 1.95. The lowest BCUT2D eigenvalue weighted by Crippen LogP contribution is -2.16. The SMILES string of the molecule is Cc1nnnn1/C(=N/O)c1ccccc1. The van der Waals surface area contributed by atoms with Crippen molar-refractivity contribution in [1.29, 1.82) is 0 Å². The Labute approximate surface area is 85.8 Å². The maximum atomic E-state index is 8.95. The molecule has 2 rings (SSSR count). The van der Waals surface area contributed by atoms with Crippen LogP contribution in [-0.4, -0.2) is 31.3 Å². The van der Waals surface area contributed by atoms with Gasteiger partial charge in [0.25, 0.3) is 0 Å². The lowest BCUT2D eigenvalue weighted by molar-refractivity contribution is 0.316. The molecular formula is C9H9N5O. The zero-order valence-corrected chi connectivity index (χ0v) is 8.07. The van der Waals surface area contributed by atoms with Gasteiger partial charge < -0.3 is 5.21 Å². The molecule has 0 unspecified atom stereocenters. The maximum Gasteiger partial charge on any atom is 0.203 e. The molecule has 0 fully saturated rings. The van der Waals surface area contributed by atoms with Crippen molar-refractivity contribution in [2.24, 2.45) is 5.16 Å². The molecule has 1 aromatic heterocycles. The molecule has 0 radical (unpaired) electrons. The summed E-state index contributed by atoms with van der Waals surface area (Å²) in [5.41, 5.74) is 0.746. The fourth-order valence-electron chi connectivity index (χ4n) is 1.24. The molecule has 15 heavy (non-hydrogen) atoms. The van der Waals surface area contributed by atoms with Gasteiger partial charge in [-0.3, -0.25) is 0 Å². The van der Waals surface area contributed by atoms with E-state index in [2.05, 4.69) is 20.7 Å². The van der Waals surface area contributed by atoms with Crippen LogP contribution in [0.4, 0.5) is 0 Å². The van der Waals surface area contributed by atoms with Crippen molar-refractivity contribution in [3.8, 4) is 0 Å². The van der Waals surface area contributed by atoms with Gasteiger partial charge in [0.1, 0.15) is 0 Å². The van der Waals surface area contributed by atoms with Crippen molar-refractivity contribution in [3.63, 3.8) is 0 Å². The summed E-state index contributed by atoms with van der Waals surface area (Å²) in [6.45, 7) is 1.73. The van der Waals surface area contributed by atoms with Gasteiger partial charge in [0.15, 0.2) is 5.82 Å². The highest BCUT2D eigenvalue weighted by atomic mass is 16.4.